The molecule has 0 unspecified atom stereocenters. The van der Waals surface area contributed by atoms with Crippen LogP contribution in [0.5, 0.6) is 0 Å². The number of hydrogen-bond donors (Lipinski definition) is 1. The van der Waals surface area contributed by atoms with Gasteiger partial charge in [-0.2, -0.15) is 5.10 Å². The first-order valence-electron chi connectivity index (χ1n) is 7.72. The van der Waals surface area contributed by atoms with Gasteiger partial charge in [0.15, 0.2) is 0 Å². The fraction of sp³-hybridized carbons (Fsp3) is 0.500. The Bertz CT molecular complexity index is 591. The highest BCUT2D eigenvalue weighted by molar-refractivity contribution is 5.27. The molecule has 3 nitrogen and oxygen atoms in total. The molecule has 2 rings (SSSR count). The van der Waals surface area contributed by atoms with E-state index in [1.807, 2.05) is 11.7 Å². The summed E-state index contributed by atoms with van der Waals surface area (Å²) >= 11 is 0. The van der Waals surface area contributed by atoms with Crippen LogP contribution in [0.2, 0.25) is 0 Å². The molecule has 2 aromatic rings. The molecular weight excluding hydrogens is 258 g/mol. The topological polar surface area (TPSA) is 29.9 Å². The van der Waals surface area contributed by atoms with Gasteiger partial charge >= 0.3 is 0 Å². The molecule has 0 fully saturated rings. The van der Waals surface area contributed by atoms with Crippen molar-refractivity contribution in [2.75, 3.05) is 0 Å². The third-order valence-corrected chi connectivity index (χ3v) is 3.75. The summed E-state index contributed by atoms with van der Waals surface area (Å²) in [5, 5.41) is 8.18. The van der Waals surface area contributed by atoms with Gasteiger partial charge in [-0.3, -0.25) is 4.68 Å². The number of nitrogens with one attached hydrogen (secondary N) is 1. The predicted octanol–water partition coefficient (Wildman–Crippen LogP) is 3.57. The number of nitrogens with zero attached hydrogens (tertiary/aromatic N) is 2. The van der Waals surface area contributed by atoms with Crippen molar-refractivity contribution in [3.05, 3.63) is 52.8 Å². The molecule has 0 spiro atoms. The van der Waals surface area contributed by atoms with Gasteiger partial charge in [0.1, 0.15) is 0 Å². The maximum absolute atomic E-state index is 4.62. The van der Waals surface area contributed by atoms with Gasteiger partial charge < -0.3 is 5.32 Å². The second kappa shape index (κ2) is 6.44. The van der Waals surface area contributed by atoms with Crippen molar-refractivity contribution in [1.82, 2.24) is 15.1 Å². The lowest BCUT2D eigenvalue weighted by atomic mass is 9.89. The van der Waals surface area contributed by atoms with Gasteiger partial charge in [0.25, 0.3) is 0 Å². The molecule has 0 saturated carbocycles. The molecule has 0 aliphatic rings. The zero-order chi connectivity index (χ0) is 15.5. The van der Waals surface area contributed by atoms with Crippen LogP contribution in [0.3, 0.4) is 0 Å². The van der Waals surface area contributed by atoms with Crippen LogP contribution in [0.25, 0.3) is 0 Å². The second-order valence-electron chi connectivity index (χ2n) is 6.65. The highest BCUT2D eigenvalue weighted by Gasteiger charge is 2.21. The van der Waals surface area contributed by atoms with E-state index in [-0.39, 0.29) is 5.41 Å². The monoisotopic (exact) mass is 285 g/mol. The highest BCUT2D eigenvalue weighted by atomic mass is 15.3. The first kappa shape index (κ1) is 15.8. The summed E-state index contributed by atoms with van der Waals surface area (Å²) in [6.45, 7) is 10.6. The second-order valence-corrected chi connectivity index (χ2v) is 6.65. The van der Waals surface area contributed by atoms with Gasteiger partial charge in [0, 0.05) is 37.3 Å². The highest BCUT2D eigenvalue weighted by Crippen LogP contribution is 2.24. The van der Waals surface area contributed by atoms with E-state index in [2.05, 4.69) is 68.6 Å². The smallest absolute Gasteiger partial charge is 0.0722 e. The molecule has 0 saturated heterocycles. The van der Waals surface area contributed by atoms with Gasteiger partial charge in [-0.05, 0) is 17.5 Å². The number of benzene rings is 1. The Kier molecular flexibility index (Phi) is 4.84. The lowest BCUT2D eigenvalue weighted by molar-refractivity contribution is 0.543. The SMILES string of the molecule is CCc1ccccc1CNCc1cn(C)nc1C(C)(C)C. The average molecular weight is 285 g/mol. The quantitative estimate of drug-likeness (QED) is 0.910. The molecule has 1 heterocycles. The molecule has 3 heteroatoms. The van der Waals surface area contributed by atoms with E-state index in [9.17, 15) is 0 Å². The van der Waals surface area contributed by atoms with Crippen molar-refractivity contribution in [3.8, 4) is 0 Å². The van der Waals surface area contributed by atoms with Gasteiger partial charge in [0.05, 0.1) is 5.69 Å². The molecule has 1 aromatic carbocycles. The number of rotatable bonds is 5. The Morgan fingerprint density at radius 1 is 1.05 bits per heavy atom. The molecule has 1 aromatic heterocycles. The normalized spacial score (nSPS) is 11.9. The van der Waals surface area contributed by atoms with Crippen LogP contribution in [0, 0.1) is 0 Å². The van der Waals surface area contributed by atoms with Crippen LogP contribution in [-0.2, 0) is 32.0 Å². The number of aromatic nitrogens is 2. The van der Waals surface area contributed by atoms with E-state index >= 15 is 0 Å². The van der Waals surface area contributed by atoms with E-state index in [0.29, 0.717) is 0 Å². The maximum Gasteiger partial charge on any atom is 0.0722 e. The zero-order valence-electron chi connectivity index (χ0n) is 13.9. The van der Waals surface area contributed by atoms with E-state index in [1.54, 1.807) is 0 Å². The average Bonchev–Trinajstić information content (AvgIpc) is 2.80. The summed E-state index contributed by atoms with van der Waals surface area (Å²) in [7, 11) is 1.99. The molecule has 0 radical (unpaired) electrons. The maximum atomic E-state index is 4.62. The minimum absolute atomic E-state index is 0.0829. The van der Waals surface area contributed by atoms with Gasteiger partial charge in [-0.1, -0.05) is 52.0 Å². The third-order valence-electron chi connectivity index (χ3n) is 3.75. The van der Waals surface area contributed by atoms with Gasteiger partial charge in [-0.15, -0.1) is 0 Å². The Hall–Kier alpha value is -1.61. The predicted molar refractivity (Wildman–Crippen MR) is 88.3 cm³/mol. The van der Waals surface area contributed by atoms with Crippen LogP contribution in [0.15, 0.2) is 30.5 Å². The summed E-state index contributed by atoms with van der Waals surface area (Å²) in [5.41, 5.74) is 5.37. The van der Waals surface area contributed by atoms with Crippen LogP contribution in [0.1, 0.15) is 50.1 Å². The molecule has 0 atom stereocenters. The largest absolute Gasteiger partial charge is 0.308 e. The lowest BCUT2D eigenvalue weighted by Gasteiger charge is -2.18. The van der Waals surface area contributed by atoms with E-state index < -0.39 is 0 Å². The third kappa shape index (κ3) is 3.94. The summed E-state index contributed by atoms with van der Waals surface area (Å²) in [6, 6.07) is 8.64. The van der Waals surface area contributed by atoms with E-state index in [0.717, 1.165) is 19.5 Å². The van der Waals surface area contributed by atoms with Crippen molar-refractivity contribution in [2.45, 2.75) is 52.6 Å². The minimum Gasteiger partial charge on any atom is -0.308 e. The molecule has 21 heavy (non-hydrogen) atoms. The van der Waals surface area contributed by atoms with Crippen LogP contribution >= 0.6 is 0 Å². The fourth-order valence-corrected chi connectivity index (χ4v) is 2.71. The standard InChI is InChI=1S/C18H27N3/c1-6-14-9-7-8-10-15(14)11-19-12-16-13-21(5)20-17(16)18(2,3)4/h7-10,13,19H,6,11-12H2,1-5H3. The molecule has 0 aliphatic heterocycles. The lowest BCUT2D eigenvalue weighted by Crippen LogP contribution is -2.19. The minimum atomic E-state index is 0.0829. The molecule has 1 N–H and O–H groups in total. The van der Waals surface area contributed by atoms with Crippen LogP contribution in [0.4, 0.5) is 0 Å². The summed E-state index contributed by atoms with van der Waals surface area (Å²) in [5.74, 6) is 0. The summed E-state index contributed by atoms with van der Waals surface area (Å²) < 4.78 is 1.91. The van der Waals surface area contributed by atoms with Crippen molar-refractivity contribution in [3.63, 3.8) is 0 Å². The Morgan fingerprint density at radius 3 is 2.29 bits per heavy atom. The van der Waals surface area contributed by atoms with Gasteiger partial charge in [0.2, 0.25) is 0 Å². The Labute approximate surface area is 128 Å². The first-order valence-corrected chi connectivity index (χ1v) is 7.72. The van der Waals surface area contributed by atoms with Crippen molar-refractivity contribution in [1.29, 1.82) is 0 Å². The van der Waals surface area contributed by atoms with E-state index in [1.165, 1.54) is 22.4 Å². The number of hydrogen-bond acceptors (Lipinski definition) is 2. The van der Waals surface area contributed by atoms with Gasteiger partial charge in [-0.25, -0.2) is 0 Å². The molecule has 0 amide bonds. The Morgan fingerprint density at radius 2 is 1.67 bits per heavy atom. The zero-order valence-corrected chi connectivity index (χ0v) is 13.9. The summed E-state index contributed by atoms with van der Waals surface area (Å²) in [6.07, 6.45) is 3.21. The van der Waals surface area contributed by atoms with Crippen LogP contribution in [-0.4, -0.2) is 9.78 Å². The molecule has 114 valence electrons. The van der Waals surface area contributed by atoms with Crippen LogP contribution < -0.4 is 5.32 Å². The van der Waals surface area contributed by atoms with E-state index in [4.69, 9.17) is 0 Å². The Balaban J connectivity index is 2.04. The molecular formula is C18H27N3. The fourth-order valence-electron chi connectivity index (χ4n) is 2.71. The molecule has 0 bridgehead atoms. The number of aryl methyl sites for hydroxylation is 2. The van der Waals surface area contributed by atoms with Crippen molar-refractivity contribution in [2.24, 2.45) is 7.05 Å². The molecule has 0 aliphatic carbocycles. The summed E-state index contributed by atoms with van der Waals surface area (Å²) in [4.78, 5) is 0. The first-order chi connectivity index (χ1) is 9.91. The van der Waals surface area contributed by atoms with Crippen molar-refractivity contribution < 1.29 is 0 Å². The van der Waals surface area contributed by atoms with Crippen molar-refractivity contribution >= 4 is 0 Å².